The summed E-state index contributed by atoms with van der Waals surface area (Å²) in [4.78, 5) is 39.9. The van der Waals surface area contributed by atoms with Crippen molar-refractivity contribution in [2.24, 2.45) is 17.6 Å². The van der Waals surface area contributed by atoms with E-state index in [9.17, 15) is 54.8 Å². The molecule has 3 amide bonds. The number of nitrogens with two attached hydrogens (primary N) is 1. The molecule has 0 fully saturated rings. The van der Waals surface area contributed by atoms with Crippen LogP contribution in [0.3, 0.4) is 0 Å². The van der Waals surface area contributed by atoms with Gasteiger partial charge in [0, 0.05) is 35.9 Å². The zero-order chi connectivity index (χ0) is 32.1. The fourth-order valence-corrected chi connectivity index (χ4v) is 4.75. The molecule has 3 atom stereocenters. The van der Waals surface area contributed by atoms with Gasteiger partial charge in [-0.15, -0.1) is 0 Å². The molecule has 232 valence electrons. The van der Waals surface area contributed by atoms with Crippen molar-refractivity contribution in [3.05, 3.63) is 53.6 Å². The Bertz CT molecular complexity index is 1390. The number of nitrogens with one attached hydrogen (secondary N) is 2. The van der Waals surface area contributed by atoms with Gasteiger partial charge < -0.3 is 21.3 Å². The summed E-state index contributed by atoms with van der Waals surface area (Å²) in [5.41, 5.74) is 4.67. The van der Waals surface area contributed by atoms with Crippen LogP contribution in [0, 0.1) is 23.2 Å². The largest absolute Gasteiger partial charge is 0.389 e. The van der Waals surface area contributed by atoms with E-state index in [2.05, 4.69) is 10.6 Å². The van der Waals surface area contributed by atoms with Crippen LogP contribution >= 0.6 is 0 Å². The summed E-state index contributed by atoms with van der Waals surface area (Å²) >= 11 is 0. The summed E-state index contributed by atoms with van der Waals surface area (Å²) < 4.78 is 106. The van der Waals surface area contributed by atoms with E-state index in [0.29, 0.717) is 0 Å². The Hall–Kier alpha value is -4.42. The van der Waals surface area contributed by atoms with E-state index in [1.165, 1.54) is 41.3 Å². The van der Waals surface area contributed by atoms with E-state index in [1.54, 1.807) is 0 Å². The molecule has 2 aromatic rings. The predicted octanol–water partition coefficient (Wildman–Crippen LogP) is 5.47. The summed E-state index contributed by atoms with van der Waals surface area (Å²) in [6, 6.07) is 9.66. The summed E-state index contributed by atoms with van der Waals surface area (Å²) in [5, 5.41) is 13.8. The summed E-state index contributed by atoms with van der Waals surface area (Å²) in [5.74, 6) is -7.85. The fourth-order valence-electron chi connectivity index (χ4n) is 4.75. The van der Waals surface area contributed by atoms with Gasteiger partial charge in [0.1, 0.15) is 6.04 Å². The van der Waals surface area contributed by atoms with E-state index < -0.39 is 92.2 Å². The monoisotopic (exact) mass is 619 g/mol. The van der Waals surface area contributed by atoms with Crippen LogP contribution in [0.2, 0.25) is 0 Å². The van der Waals surface area contributed by atoms with Crippen molar-refractivity contribution in [1.82, 2.24) is 5.32 Å². The Morgan fingerprint density at radius 3 is 2.19 bits per heavy atom. The number of hydrogen-bond donors (Lipinski definition) is 3. The topological polar surface area (TPSA) is 128 Å². The van der Waals surface area contributed by atoms with Crippen LogP contribution in [0.5, 0.6) is 0 Å². The first-order chi connectivity index (χ1) is 20.0. The van der Waals surface area contributed by atoms with E-state index in [4.69, 9.17) is 5.73 Å². The Morgan fingerprint density at radius 2 is 1.63 bits per heavy atom. The van der Waals surface area contributed by atoms with Crippen LogP contribution in [0.25, 0.3) is 0 Å². The number of carbonyl (C=O) groups is 3. The van der Waals surface area contributed by atoms with Crippen LogP contribution in [-0.4, -0.2) is 42.7 Å². The molecule has 0 aromatic heterocycles. The smallest absolute Gasteiger partial charge is 0.369 e. The Morgan fingerprint density at radius 1 is 1.02 bits per heavy atom. The third-order valence-electron chi connectivity index (χ3n) is 6.80. The van der Waals surface area contributed by atoms with E-state index >= 15 is 0 Å². The molecule has 0 radical (unpaired) electrons. The van der Waals surface area contributed by atoms with Gasteiger partial charge in [0.25, 0.3) is 6.43 Å². The highest BCUT2D eigenvalue weighted by atomic mass is 19.4. The molecule has 43 heavy (non-hydrogen) atoms. The predicted molar refractivity (Wildman–Crippen MR) is 137 cm³/mol. The highest BCUT2D eigenvalue weighted by molar-refractivity contribution is 6.03. The molecule has 0 spiro atoms. The van der Waals surface area contributed by atoms with E-state index in [1.807, 2.05) is 6.07 Å². The quantitative estimate of drug-likeness (QED) is 0.304. The van der Waals surface area contributed by atoms with Gasteiger partial charge in [-0.2, -0.15) is 31.6 Å². The van der Waals surface area contributed by atoms with Crippen molar-refractivity contribution < 1.29 is 49.5 Å². The number of fused-ring (bicyclic) bond motifs is 1. The summed E-state index contributed by atoms with van der Waals surface area (Å²) in [7, 11) is 0. The maximum Gasteiger partial charge on any atom is 0.389 e. The van der Waals surface area contributed by atoms with Crippen LogP contribution in [0.15, 0.2) is 42.5 Å². The fraction of sp³-hybridized carbons (Fsp3) is 0.407. The number of halogens is 8. The van der Waals surface area contributed by atoms with Crippen molar-refractivity contribution in [2.75, 3.05) is 16.8 Å². The Kier molecular flexibility index (Phi) is 10.2. The van der Waals surface area contributed by atoms with E-state index in [0.717, 1.165) is 6.07 Å². The minimum Gasteiger partial charge on any atom is -0.369 e. The van der Waals surface area contributed by atoms with Crippen LogP contribution in [0.1, 0.15) is 43.2 Å². The van der Waals surface area contributed by atoms with Gasteiger partial charge in [-0.25, -0.2) is 8.78 Å². The molecular formula is C27H25F8N5O3. The molecule has 1 aliphatic heterocycles. The molecule has 8 nitrogen and oxygen atoms in total. The lowest BCUT2D eigenvalue weighted by atomic mass is 9.83. The number of amides is 3. The molecule has 1 heterocycles. The normalized spacial score (nSPS) is 16.9. The standard InChI is InChI=1S/C27H25F8N5O3/c28-22(29)18-5-2-6-20-21(18)39-25(43)19(13-40(20)15-4-1-3-14(11-15)12-36)38-24(42)17(8-10-27(33,34)35)16(23(37)41)7-9-26(30,31)32/h1-6,11,16-17,19,22H,7-10,13H2,(H2,37,41)(H,38,42)(H,39,43)/t16-,17+,19+/m1/s1. The van der Waals surface area contributed by atoms with Crippen molar-refractivity contribution in [3.63, 3.8) is 0 Å². The van der Waals surface area contributed by atoms with Gasteiger partial charge in [0.2, 0.25) is 17.7 Å². The number of rotatable bonds is 10. The molecule has 4 N–H and O–H groups in total. The second-order valence-electron chi connectivity index (χ2n) is 9.79. The Labute approximate surface area is 239 Å². The van der Waals surface area contributed by atoms with Crippen LogP contribution < -0.4 is 21.3 Å². The average molecular weight is 620 g/mol. The first-order valence-corrected chi connectivity index (χ1v) is 12.7. The second kappa shape index (κ2) is 13.3. The lowest BCUT2D eigenvalue weighted by Gasteiger charge is -2.29. The van der Waals surface area contributed by atoms with Gasteiger partial charge in [0.05, 0.1) is 29.6 Å². The zero-order valence-electron chi connectivity index (χ0n) is 22.1. The van der Waals surface area contributed by atoms with Crippen LogP contribution in [0.4, 0.5) is 52.2 Å². The molecule has 0 unspecified atom stereocenters. The number of alkyl halides is 8. The molecule has 0 saturated carbocycles. The Balaban J connectivity index is 2.02. The number of para-hydroxylation sites is 1. The average Bonchev–Trinajstić information content (AvgIpc) is 3.04. The lowest BCUT2D eigenvalue weighted by molar-refractivity contribution is -0.152. The second-order valence-corrected chi connectivity index (χ2v) is 9.79. The molecule has 3 rings (SSSR count). The molecule has 16 heteroatoms. The SMILES string of the molecule is N#Cc1cccc(N2C[C@H](NC(=O)[C@@H](CCC(F)(F)F)[C@@H](CCC(F)(F)F)C(N)=O)C(=O)Nc3c(C(F)F)cccc32)c1. The number of nitriles is 1. The number of primary amides is 1. The highest BCUT2D eigenvalue weighted by Gasteiger charge is 2.41. The van der Waals surface area contributed by atoms with Gasteiger partial charge in [-0.1, -0.05) is 18.2 Å². The third-order valence-corrected chi connectivity index (χ3v) is 6.80. The number of carbonyl (C=O) groups excluding carboxylic acids is 3. The van der Waals surface area contributed by atoms with Crippen LogP contribution in [-0.2, 0) is 14.4 Å². The minimum atomic E-state index is -4.85. The number of benzene rings is 2. The van der Waals surface area contributed by atoms with Crippen molar-refractivity contribution in [3.8, 4) is 6.07 Å². The number of anilines is 3. The molecule has 0 bridgehead atoms. The number of nitrogens with zero attached hydrogens (tertiary/aromatic N) is 2. The van der Waals surface area contributed by atoms with Gasteiger partial charge in [-0.05, 0) is 37.1 Å². The lowest BCUT2D eigenvalue weighted by Crippen LogP contribution is -2.52. The van der Waals surface area contributed by atoms with Gasteiger partial charge in [0.15, 0.2) is 0 Å². The maximum absolute atomic E-state index is 13.9. The third kappa shape index (κ3) is 8.79. The molecule has 2 aromatic carbocycles. The van der Waals surface area contributed by atoms with Gasteiger partial charge >= 0.3 is 12.4 Å². The first-order valence-electron chi connectivity index (χ1n) is 12.7. The van der Waals surface area contributed by atoms with Crippen molar-refractivity contribution >= 4 is 34.8 Å². The number of hydrogen-bond acceptors (Lipinski definition) is 5. The molecule has 1 aliphatic rings. The first kappa shape index (κ1) is 33.1. The minimum absolute atomic E-state index is 0.0341. The van der Waals surface area contributed by atoms with E-state index in [-0.39, 0.29) is 22.6 Å². The summed E-state index contributed by atoms with van der Waals surface area (Å²) in [6.07, 6.45) is -18.2. The molecular weight excluding hydrogens is 594 g/mol. The molecule has 0 aliphatic carbocycles. The molecule has 0 saturated heterocycles. The zero-order valence-corrected chi connectivity index (χ0v) is 22.1. The highest BCUT2D eigenvalue weighted by Crippen LogP contribution is 2.40. The van der Waals surface area contributed by atoms with Crippen molar-refractivity contribution in [1.29, 1.82) is 5.26 Å². The van der Waals surface area contributed by atoms with Crippen molar-refractivity contribution in [2.45, 2.75) is 50.5 Å². The maximum atomic E-state index is 13.9. The summed E-state index contributed by atoms with van der Waals surface area (Å²) in [6.45, 7) is -0.498. The van der Waals surface area contributed by atoms with Gasteiger partial charge in [-0.3, -0.25) is 14.4 Å².